The smallest absolute Gasteiger partial charge is 0.322 e. The third-order valence-electron chi connectivity index (χ3n) is 4.85. The SMILES string of the molecule is C[C@@H](C(=O)NC(=O)NC(C)(C)C)[NH+]1CCC(Cc2ccccc2)CC1. The molecule has 0 bridgehead atoms. The molecule has 0 aromatic heterocycles. The Morgan fingerprint density at radius 1 is 1.16 bits per heavy atom. The van der Waals surface area contributed by atoms with Gasteiger partial charge in [-0.25, -0.2) is 4.79 Å². The molecule has 1 aromatic rings. The lowest BCUT2D eigenvalue weighted by Crippen LogP contribution is -3.17. The van der Waals surface area contributed by atoms with Gasteiger partial charge in [-0.05, 0) is 58.4 Å². The van der Waals surface area contributed by atoms with Crippen LogP contribution in [0.1, 0.15) is 46.1 Å². The Morgan fingerprint density at radius 2 is 1.76 bits per heavy atom. The second-order valence-electron chi connectivity index (χ2n) is 8.21. The predicted molar refractivity (Wildman–Crippen MR) is 99.5 cm³/mol. The lowest BCUT2D eigenvalue weighted by Gasteiger charge is -2.32. The average molecular weight is 346 g/mol. The maximum atomic E-state index is 12.3. The molecule has 2 rings (SSSR count). The molecule has 3 amide bonds. The van der Waals surface area contributed by atoms with E-state index in [1.54, 1.807) is 0 Å². The minimum Gasteiger partial charge on any atom is -0.333 e. The van der Waals surface area contributed by atoms with Gasteiger partial charge in [0.25, 0.3) is 5.91 Å². The fourth-order valence-electron chi connectivity index (χ4n) is 3.41. The number of nitrogens with one attached hydrogen (secondary N) is 3. The van der Waals surface area contributed by atoms with Crippen LogP contribution >= 0.6 is 0 Å². The van der Waals surface area contributed by atoms with Gasteiger partial charge < -0.3 is 10.2 Å². The third-order valence-corrected chi connectivity index (χ3v) is 4.85. The molecular weight excluding hydrogens is 314 g/mol. The first-order valence-electron chi connectivity index (χ1n) is 9.26. The number of carbonyl (C=O) groups is 2. The number of benzene rings is 1. The van der Waals surface area contributed by atoms with Crippen molar-refractivity contribution in [2.75, 3.05) is 13.1 Å². The summed E-state index contributed by atoms with van der Waals surface area (Å²) in [6.07, 6.45) is 3.36. The Labute approximate surface area is 151 Å². The lowest BCUT2D eigenvalue weighted by atomic mass is 9.89. The highest BCUT2D eigenvalue weighted by atomic mass is 16.2. The predicted octanol–water partition coefficient (Wildman–Crippen LogP) is 1.54. The molecule has 1 saturated heterocycles. The summed E-state index contributed by atoms with van der Waals surface area (Å²) in [5.41, 5.74) is 1.04. The number of piperidine rings is 1. The highest BCUT2D eigenvalue weighted by Gasteiger charge is 2.31. The standard InChI is InChI=1S/C20H31N3O2/c1-15(18(24)21-19(25)22-20(2,3)4)23-12-10-17(11-13-23)14-16-8-6-5-7-9-16/h5-9,15,17H,10-14H2,1-4H3,(H2,21,22,24,25)/p+1/t15-/m0/s1. The van der Waals surface area contributed by atoms with Gasteiger partial charge in [0.15, 0.2) is 6.04 Å². The van der Waals surface area contributed by atoms with Gasteiger partial charge >= 0.3 is 6.03 Å². The normalized spacial score (nSPS) is 22.1. The second kappa shape index (κ2) is 8.48. The van der Waals surface area contributed by atoms with Crippen molar-refractivity contribution in [1.82, 2.24) is 10.6 Å². The lowest BCUT2D eigenvalue weighted by molar-refractivity contribution is -0.920. The maximum Gasteiger partial charge on any atom is 0.322 e. The summed E-state index contributed by atoms with van der Waals surface area (Å²) in [4.78, 5) is 25.4. The minimum absolute atomic E-state index is 0.196. The topological polar surface area (TPSA) is 62.6 Å². The van der Waals surface area contributed by atoms with Crippen LogP contribution in [0.2, 0.25) is 0 Å². The van der Waals surface area contributed by atoms with Crippen LogP contribution in [0, 0.1) is 5.92 Å². The minimum atomic E-state index is -0.414. The van der Waals surface area contributed by atoms with Gasteiger partial charge in [0, 0.05) is 5.54 Å². The zero-order valence-electron chi connectivity index (χ0n) is 15.9. The summed E-state index contributed by atoms with van der Waals surface area (Å²) in [5.74, 6) is 0.490. The number of amides is 3. The van der Waals surface area contributed by atoms with Gasteiger partial charge in [-0.2, -0.15) is 0 Å². The molecule has 0 aliphatic carbocycles. The molecule has 1 aromatic carbocycles. The molecule has 1 aliphatic rings. The van der Waals surface area contributed by atoms with Crippen molar-refractivity contribution < 1.29 is 14.5 Å². The van der Waals surface area contributed by atoms with Crippen LogP contribution in [0.4, 0.5) is 4.79 Å². The number of rotatable bonds is 4. The molecule has 138 valence electrons. The molecule has 1 aliphatic heterocycles. The van der Waals surface area contributed by atoms with Gasteiger partial charge in [-0.3, -0.25) is 10.1 Å². The number of carbonyl (C=O) groups excluding carboxylic acids is 2. The van der Waals surface area contributed by atoms with Gasteiger partial charge in [0.1, 0.15) is 0 Å². The largest absolute Gasteiger partial charge is 0.333 e. The Balaban J connectivity index is 1.77. The van der Waals surface area contributed by atoms with E-state index in [4.69, 9.17) is 0 Å². The van der Waals surface area contributed by atoms with Crippen molar-refractivity contribution in [3.05, 3.63) is 35.9 Å². The Hall–Kier alpha value is -1.88. The van der Waals surface area contributed by atoms with E-state index < -0.39 is 6.03 Å². The van der Waals surface area contributed by atoms with E-state index in [0.29, 0.717) is 5.92 Å². The molecule has 0 unspecified atom stereocenters. The van der Waals surface area contributed by atoms with E-state index in [2.05, 4.69) is 34.9 Å². The zero-order chi connectivity index (χ0) is 18.4. The van der Waals surface area contributed by atoms with E-state index in [9.17, 15) is 9.59 Å². The van der Waals surface area contributed by atoms with Crippen molar-refractivity contribution in [3.8, 4) is 0 Å². The van der Waals surface area contributed by atoms with E-state index in [0.717, 1.165) is 32.4 Å². The first-order valence-corrected chi connectivity index (χ1v) is 9.26. The van der Waals surface area contributed by atoms with Crippen LogP contribution in [-0.4, -0.2) is 36.6 Å². The molecule has 5 nitrogen and oxygen atoms in total. The van der Waals surface area contributed by atoms with Gasteiger partial charge in [-0.15, -0.1) is 0 Å². The van der Waals surface area contributed by atoms with Crippen molar-refractivity contribution >= 4 is 11.9 Å². The summed E-state index contributed by atoms with van der Waals surface area (Å²) in [6, 6.07) is 9.97. The van der Waals surface area contributed by atoms with Crippen molar-refractivity contribution in [2.45, 2.75) is 58.5 Å². The van der Waals surface area contributed by atoms with E-state index in [1.165, 1.54) is 10.5 Å². The highest BCUT2D eigenvalue weighted by molar-refractivity contribution is 5.96. The highest BCUT2D eigenvalue weighted by Crippen LogP contribution is 2.16. The van der Waals surface area contributed by atoms with Crippen LogP contribution in [-0.2, 0) is 11.2 Å². The number of quaternary nitrogens is 1. The zero-order valence-corrected chi connectivity index (χ0v) is 15.9. The summed E-state index contributed by atoms with van der Waals surface area (Å²) < 4.78 is 0. The van der Waals surface area contributed by atoms with Crippen LogP contribution in [0.5, 0.6) is 0 Å². The monoisotopic (exact) mass is 346 g/mol. The van der Waals surface area contributed by atoms with Crippen molar-refractivity contribution in [1.29, 1.82) is 0 Å². The first kappa shape index (κ1) is 19.4. The molecule has 1 fully saturated rings. The Kier molecular flexibility index (Phi) is 6.59. The summed E-state index contributed by atoms with van der Waals surface area (Å²) in [6.45, 7) is 9.54. The van der Waals surface area contributed by atoms with Crippen molar-refractivity contribution in [3.63, 3.8) is 0 Å². The molecular formula is C20H32N3O2+. The molecule has 0 radical (unpaired) electrons. The second-order valence-corrected chi connectivity index (χ2v) is 8.21. The molecule has 5 heteroatoms. The van der Waals surface area contributed by atoms with Crippen LogP contribution < -0.4 is 15.5 Å². The van der Waals surface area contributed by atoms with Crippen LogP contribution in [0.3, 0.4) is 0 Å². The summed E-state index contributed by atoms with van der Waals surface area (Å²) >= 11 is 0. The Morgan fingerprint density at radius 3 is 2.32 bits per heavy atom. The fourth-order valence-corrected chi connectivity index (χ4v) is 3.41. The third kappa shape index (κ3) is 6.50. The number of hydrogen-bond acceptors (Lipinski definition) is 2. The van der Waals surface area contributed by atoms with Gasteiger partial charge in [0.2, 0.25) is 0 Å². The van der Waals surface area contributed by atoms with Crippen LogP contribution in [0.25, 0.3) is 0 Å². The number of likely N-dealkylation sites (tertiary alicyclic amines) is 1. The molecule has 3 N–H and O–H groups in total. The van der Waals surface area contributed by atoms with Gasteiger partial charge in [-0.1, -0.05) is 30.3 Å². The summed E-state index contributed by atoms with van der Waals surface area (Å²) in [5, 5.41) is 5.24. The molecule has 1 atom stereocenters. The van der Waals surface area contributed by atoms with E-state index in [-0.39, 0.29) is 17.5 Å². The van der Waals surface area contributed by atoms with Crippen molar-refractivity contribution in [2.24, 2.45) is 5.92 Å². The molecule has 0 saturated carbocycles. The quantitative estimate of drug-likeness (QED) is 0.774. The molecule has 25 heavy (non-hydrogen) atoms. The number of urea groups is 1. The van der Waals surface area contributed by atoms with E-state index >= 15 is 0 Å². The van der Waals surface area contributed by atoms with Gasteiger partial charge in [0.05, 0.1) is 13.1 Å². The molecule has 0 spiro atoms. The average Bonchev–Trinajstić information content (AvgIpc) is 2.54. The fraction of sp³-hybridized carbons (Fsp3) is 0.600. The first-order chi connectivity index (χ1) is 11.7. The molecule has 1 heterocycles. The Bertz CT molecular complexity index is 572. The number of imide groups is 1. The van der Waals surface area contributed by atoms with Crippen LogP contribution in [0.15, 0.2) is 30.3 Å². The summed E-state index contributed by atoms with van der Waals surface area (Å²) in [7, 11) is 0. The number of hydrogen-bond donors (Lipinski definition) is 3. The van der Waals surface area contributed by atoms with E-state index in [1.807, 2.05) is 33.8 Å². The maximum absolute atomic E-state index is 12.3.